The molecule has 0 radical (unpaired) electrons. The van der Waals surface area contributed by atoms with Gasteiger partial charge in [-0.25, -0.2) is 4.79 Å². The summed E-state index contributed by atoms with van der Waals surface area (Å²) in [4.78, 5) is 29.1. The van der Waals surface area contributed by atoms with Crippen LogP contribution in [-0.2, 0) is 25.9 Å². The van der Waals surface area contributed by atoms with E-state index in [2.05, 4.69) is 0 Å². The lowest BCUT2D eigenvalue weighted by molar-refractivity contribution is 0.636. The average molecular weight is 471 g/mol. The van der Waals surface area contributed by atoms with Gasteiger partial charge in [-0.2, -0.15) is 0 Å². The zero-order valence-electron chi connectivity index (χ0n) is 16.7. The SMILES string of the molecule is O=c1c2c3c(sc2n(Cc2ccccc2Cl)c(=O)n1Cc1ccccc1Cl)CCCC3. The summed E-state index contributed by atoms with van der Waals surface area (Å²) in [5, 5.41) is 1.82. The number of aryl methyl sites for hydroxylation is 2. The second kappa shape index (κ2) is 8.30. The number of hydrogen-bond donors (Lipinski definition) is 0. The van der Waals surface area contributed by atoms with Crippen LogP contribution in [0.25, 0.3) is 10.2 Å². The Balaban J connectivity index is 1.77. The highest BCUT2D eigenvalue weighted by Crippen LogP contribution is 2.34. The van der Waals surface area contributed by atoms with E-state index in [-0.39, 0.29) is 17.8 Å². The molecule has 0 unspecified atom stereocenters. The highest BCUT2D eigenvalue weighted by Gasteiger charge is 2.24. The van der Waals surface area contributed by atoms with Crippen molar-refractivity contribution in [3.8, 4) is 0 Å². The molecular formula is C24H20Cl2N2O2S. The van der Waals surface area contributed by atoms with E-state index in [4.69, 9.17) is 23.2 Å². The zero-order valence-corrected chi connectivity index (χ0v) is 19.1. The van der Waals surface area contributed by atoms with Crippen LogP contribution in [-0.4, -0.2) is 9.13 Å². The molecule has 1 aliphatic rings. The van der Waals surface area contributed by atoms with Crippen molar-refractivity contribution in [1.82, 2.24) is 9.13 Å². The summed E-state index contributed by atoms with van der Waals surface area (Å²) < 4.78 is 3.03. The second-order valence-corrected chi connectivity index (χ2v) is 9.73. The van der Waals surface area contributed by atoms with Gasteiger partial charge in [-0.1, -0.05) is 59.6 Å². The van der Waals surface area contributed by atoms with E-state index < -0.39 is 0 Å². The Morgan fingerprint density at radius 1 is 0.806 bits per heavy atom. The number of thiophene rings is 1. The van der Waals surface area contributed by atoms with Gasteiger partial charge in [-0.05, 0) is 54.5 Å². The Labute approximate surface area is 193 Å². The van der Waals surface area contributed by atoms with E-state index >= 15 is 0 Å². The van der Waals surface area contributed by atoms with Gasteiger partial charge in [0.15, 0.2) is 0 Å². The van der Waals surface area contributed by atoms with Crippen LogP contribution >= 0.6 is 34.5 Å². The number of rotatable bonds is 4. The standard InChI is InChI=1S/C24H20Cl2N2O2S/c25-18-10-4-1-7-15(18)13-27-22(29)21-17-9-3-6-12-20(17)31-23(21)28(24(27)30)14-16-8-2-5-11-19(16)26/h1-2,4-5,7-8,10-11H,3,6,9,12-14H2. The van der Waals surface area contributed by atoms with Gasteiger partial charge in [0.05, 0.1) is 18.5 Å². The first-order valence-corrected chi connectivity index (χ1v) is 11.9. The van der Waals surface area contributed by atoms with E-state index in [1.165, 1.54) is 9.44 Å². The Hall–Kier alpha value is -2.34. The van der Waals surface area contributed by atoms with Crippen LogP contribution in [0.2, 0.25) is 10.0 Å². The third-order valence-corrected chi connectivity index (χ3v) is 7.94. The van der Waals surface area contributed by atoms with Crippen LogP contribution in [0, 0.1) is 0 Å². The lowest BCUT2D eigenvalue weighted by atomic mass is 9.97. The van der Waals surface area contributed by atoms with Crippen molar-refractivity contribution in [3.05, 3.63) is 101 Å². The largest absolute Gasteiger partial charge is 0.332 e. The summed E-state index contributed by atoms with van der Waals surface area (Å²) in [6.45, 7) is 0.456. The van der Waals surface area contributed by atoms with E-state index in [1.807, 2.05) is 42.5 Å². The van der Waals surface area contributed by atoms with Gasteiger partial charge < -0.3 is 0 Å². The maximum Gasteiger partial charge on any atom is 0.332 e. The van der Waals surface area contributed by atoms with E-state index in [0.29, 0.717) is 22.0 Å². The van der Waals surface area contributed by atoms with Crippen LogP contribution in [0.5, 0.6) is 0 Å². The minimum absolute atomic E-state index is 0.139. The van der Waals surface area contributed by atoms with Gasteiger partial charge in [0.2, 0.25) is 0 Å². The smallest absolute Gasteiger partial charge is 0.280 e. The minimum atomic E-state index is -0.337. The number of halogens is 2. The fourth-order valence-corrected chi connectivity index (χ4v) is 6.05. The highest BCUT2D eigenvalue weighted by molar-refractivity contribution is 7.18. The predicted octanol–water partition coefficient (Wildman–Crippen LogP) is 5.51. The van der Waals surface area contributed by atoms with Gasteiger partial charge in [-0.3, -0.25) is 13.9 Å². The average Bonchev–Trinajstić information content (AvgIpc) is 3.16. The Morgan fingerprint density at radius 2 is 1.39 bits per heavy atom. The van der Waals surface area contributed by atoms with Crippen LogP contribution in [0.3, 0.4) is 0 Å². The molecule has 2 aromatic carbocycles. The molecule has 0 fully saturated rings. The highest BCUT2D eigenvalue weighted by atomic mass is 35.5. The molecule has 4 nitrogen and oxygen atoms in total. The summed E-state index contributed by atoms with van der Waals surface area (Å²) in [5.74, 6) is 0. The molecule has 0 bridgehead atoms. The molecule has 158 valence electrons. The van der Waals surface area contributed by atoms with Crippen molar-refractivity contribution in [1.29, 1.82) is 0 Å². The van der Waals surface area contributed by atoms with Crippen LogP contribution < -0.4 is 11.2 Å². The van der Waals surface area contributed by atoms with Crippen molar-refractivity contribution >= 4 is 44.8 Å². The number of fused-ring (bicyclic) bond motifs is 3. The molecule has 0 spiro atoms. The van der Waals surface area contributed by atoms with Crippen molar-refractivity contribution in [3.63, 3.8) is 0 Å². The first-order valence-electron chi connectivity index (χ1n) is 10.3. The van der Waals surface area contributed by atoms with Gasteiger partial charge >= 0.3 is 5.69 Å². The fourth-order valence-electron chi connectivity index (χ4n) is 4.29. The summed E-state index contributed by atoms with van der Waals surface area (Å²) in [6.07, 6.45) is 4.01. The summed E-state index contributed by atoms with van der Waals surface area (Å²) in [5.41, 5.74) is 2.14. The molecule has 4 aromatic rings. The molecule has 0 N–H and O–H groups in total. The quantitative estimate of drug-likeness (QED) is 0.394. The monoisotopic (exact) mass is 470 g/mol. The van der Waals surface area contributed by atoms with Gasteiger partial charge in [0, 0.05) is 14.9 Å². The lowest BCUT2D eigenvalue weighted by Gasteiger charge is -2.14. The van der Waals surface area contributed by atoms with E-state index in [1.54, 1.807) is 22.0 Å². The molecule has 2 aromatic heterocycles. The van der Waals surface area contributed by atoms with Gasteiger partial charge in [0.1, 0.15) is 4.83 Å². The second-order valence-electron chi connectivity index (χ2n) is 7.83. The number of nitrogens with zero attached hydrogens (tertiary/aromatic N) is 2. The van der Waals surface area contributed by atoms with Crippen LogP contribution in [0.15, 0.2) is 58.1 Å². The van der Waals surface area contributed by atoms with Crippen molar-refractivity contribution in [2.75, 3.05) is 0 Å². The zero-order chi connectivity index (χ0) is 21.5. The Morgan fingerprint density at radius 3 is 2.03 bits per heavy atom. The predicted molar refractivity (Wildman–Crippen MR) is 128 cm³/mol. The van der Waals surface area contributed by atoms with Crippen LogP contribution in [0.4, 0.5) is 0 Å². The third kappa shape index (κ3) is 3.65. The van der Waals surface area contributed by atoms with Gasteiger partial charge in [-0.15, -0.1) is 11.3 Å². The number of hydrogen-bond acceptors (Lipinski definition) is 3. The number of benzene rings is 2. The van der Waals surface area contributed by atoms with Crippen molar-refractivity contribution in [2.45, 2.75) is 38.8 Å². The first kappa shape index (κ1) is 20.6. The molecule has 2 heterocycles. The Bertz CT molecular complexity index is 1420. The Kier molecular flexibility index (Phi) is 5.51. The minimum Gasteiger partial charge on any atom is -0.280 e. The van der Waals surface area contributed by atoms with E-state index in [0.717, 1.165) is 47.2 Å². The molecule has 0 atom stereocenters. The summed E-state index contributed by atoms with van der Waals surface area (Å²) >= 11 is 14.3. The van der Waals surface area contributed by atoms with Crippen molar-refractivity contribution < 1.29 is 0 Å². The molecule has 31 heavy (non-hydrogen) atoms. The molecule has 0 aliphatic heterocycles. The fraction of sp³-hybridized carbons (Fsp3) is 0.250. The summed E-state index contributed by atoms with van der Waals surface area (Å²) in [6, 6.07) is 14.8. The maximum atomic E-state index is 13.6. The van der Waals surface area contributed by atoms with Gasteiger partial charge in [0.25, 0.3) is 5.56 Å². The van der Waals surface area contributed by atoms with Crippen molar-refractivity contribution in [2.24, 2.45) is 0 Å². The lowest BCUT2D eigenvalue weighted by Crippen LogP contribution is -2.40. The molecule has 1 aliphatic carbocycles. The molecule has 0 saturated heterocycles. The van der Waals surface area contributed by atoms with E-state index in [9.17, 15) is 9.59 Å². The normalized spacial score (nSPS) is 13.5. The molecule has 7 heteroatoms. The number of aromatic nitrogens is 2. The molecule has 0 amide bonds. The molecule has 5 rings (SSSR count). The first-order chi connectivity index (χ1) is 15.0. The molecular weight excluding hydrogens is 451 g/mol. The topological polar surface area (TPSA) is 44.0 Å². The maximum absolute atomic E-state index is 13.6. The van der Waals surface area contributed by atoms with Crippen LogP contribution in [0.1, 0.15) is 34.4 Å². The molecule has 0 saturated carbocycles. The third-order valence-electron chi connectivity index (χ3n) is 5.89. The summed E-state index contributed by atoms with van der Waals surface area (Å²) in [7, 11) is 0.